The topological polar surface area (TPSA) is 120 Å². The molecule has 0 bridgehead atoms. The summed E-state index contributed by atoms with van der Waals surface area (Å²) in [7, 11) is 0. The van der Waals surface area contributed by atoms with Crippen molar-refractivity contribution in [3.63, 3.8) is 0 Å². The molecule has 0 saturated carbocycles. The van der Waals surface area contributed by atoms with E-state index in [1.807, 2.05) is 33.8 Å². The maximum absolute atomic E-state index is 13.0. The number of pyridine rings is 1. The molecule has 0 radical (unpaired) electrons. The lowest BCUT2D eigenvalue weighted by atomic mass is 10.1. The lowest BCUT2D eigenvalue weighted by Crippen LogP contribution is -2.37. The number of para-hydroxylation sites is 1. The minimum atomic E-state index is -0.635. The maximum atomic E-state index is 13.0. The largest absolute Gasteiger partial charge is 0.452 e. The van der Waals surface area contributed by atoms with Gasteiger partial charge in [0.05, 0.1) is 17.1 Å². The molecule has 9 heteroatoms. The molecule has 0 aliphatic carbocycles. The summed E-state index contributed by atoms with van der Waals surface area (Å²) in [6, 6.07) is 10.6. The molecule has 2 N–H and O–H groups in total. The predicted octanol–water partition coefficient (Wildman–Crippen LogP) is 3.20. The zero-order valence-corrected chi connectivity index (χ0v) is 19.3. The fourth-order valence-electron chi connectivity index (χ4n) is 3.39. The Bertz CT molecular complexity index is 1150. The molecule has 1 aromatic carbocycles. The van der Waals surface area contributed by atoms with E-state index in [1.54, 1.807) is 41.2 Å². The average molecular weight is 452 g/mol. The number of hydrogen-bond acceptors (Lipinski definition) is 6. The molecule has 2 aromatic heterocycles. The minimum Gasteiger partial charge on any atom is -0.452 e. The van der Waals surface area contributed by atoms with E-state index >= 15 is 0 Å². The summed E-state index contributed by atoms with van der Waals surface area (Å²) in [5.41, 5.74) is 7.49. The van der Waals surface area contributed by atoms with Crippen LogP contribution < -0.4 is 10.6 Å². The Morgan fingerprint density at radius 2 is 1.82 bits per heavy atom. The molecule has 0 aliphatic rings. The summed E-state index contributed by atoms with van der Waals surface area (Å²) in [5.74, 6) is -1.53. The van der Waals surface area contributed by atoms with E-state index in [9.17, 15) is 14.4 Å². The van der Waals surface area contributed by atoms with Gasteiger partial charge in [-0.2, -0.15) is 5.10 Å². The van der Waals surface area contributed by atoms with Crippen molar-refractivity contribution in [3.8, 4) is 0 Å². The second-order valence-electron chi connectivity index (χ2n) is 8.34. The van der Waals surface area contributed by atoms with Crippen molar-refractivity contribution >= 4 is 34.5 Å². The Morgan fingerprint density at radius 3 is 2.42 bits per heavy atom. The molecule has 0 aliphatic heterocycles. The van der Waals surface area contributed by atoms with Crippen LogP contribution in [0, 0.1) is 0 Å². The van der Waals surface area contributed by atoms with Gasteiger partial charge in [-0.15, -0.1) is 0 Å². The van der Waals surface area contributed by atoms with E-state index < -0.39 is 24.4 Å². The highest BCUT2D eigenvalue weighted by Gasteiger charge is 2.22. The fraction of sp³-hybridized carbons (Fsp3) is 0.375. The molecular weight excluding hydrogens is 422 g/mol. The van der Waals surface area contributed by atoms with Gasteiger partial charge in [-0.25, -0.2) is 14.5 Å². The zero-order chi connectivity index (χ0) is 24.1. The van der Waals surface area contributed by atoms with E-state index in [2.05, 4.69) is 10.1 Å². The zero-order valence-electron chi connectivity index (χ0n) is 19.3. The molecule has 33 heavy (non-hydrogen) atoms. The van der Waals surface area contributed by atoms with Crippen LogP contribution in [0.1, 0.15) is 62.1 Å². The van der Waals surface area contributed by atoms with Gasteiger partial charge in [0.2, 0.25) is 5.91 Å². The van der Waals surface area contributed by atoms with Gasteiger partial charge in [-0.3, -0.25) is 9.59 Å². The molecule has 3 rings (SSSR count). The Morgan fingerprint density at radius 1 is 1.12 bits per heavy atom. The van der Waals surface area contributed by atoms with Crippen LogP contribution in [0.5, 0.6) is 0 Å². The highest BCUT2D eigenvalue weighted by atomic mass is 16.5. The lowest BCUT2D eigenvalue weighted by Gasteiger charge is -2.22. The van der Waals surface area contributed by atoms with Crippen molar-refractivity contribution in [1.29, 1.82) is 0 Å². The smallest absolute Gasteiger partial charge is 0.339 e. The van der Waals surface area contributed by atoms with Crippen molar-refractivity contribution in [2.24, 2.45) is 5.73 Å². The standard InChI is InChI=1S/C24H29N5O4/c1-15(2)20-12-18(19-13-26-29(16(3)4)23(19)27-20)24(32)33-14-22(31)28(11-10-21(25)30)17-8-6-5-7-9-17/h5-9,12-13,15-16H,10-11,14H2,1-4H3,(H2,25,30). The number of benzene rings is 1. The Kier molecular flexibility index (Phi) is 7.42. The number of nitrogens with two attached hydrogens (primary N) is 1. The number of carbonyl (C=O) groups excluding carboxylic acids is 3. The van der Waals surface area contributed by atoms with Crippen LogP contribution in [-0.2, 0) is 14.3 Å². The second-order valence-corrected chi connectivity index (χ2v) is 8.34. The van der Waals surface area contributed by atoms with Crippen LogP contribution in [0.2, 0.25) is 0 Å². The number of fused-ring (bicyclic) bond motifs is 1. The highest BCUT2D eigenvalue weighted by molar-refractivity contribution is 6.04. The third-order valence-corrected chi connectivity index (χ3v) is 5.16. The van der Waals surface area contributed by atoms with Gasteiger partial charge in [0.15, 0.2) is 12.3 Å². The van der Waals surface area contributed by atoms with Gasteiger partial charge in [-0.05, 0) is 38.0 Å². The summed E-state index contributed by atoms with van der Waals surface area (Å²) >= 11 is 0. The Balaban J connectivity index is 1.84. The van der Waals surface area contributed by atoms with Crippen LogP contribution in [0.25, 0.3) is 11.0 Å². The van der Waals surface area contributed by atoms with Crippen LogP contribution >= 0.6 is 0 Å². The molecule has 174 valence electrons. The van der Waals surface area contributed by atoms with Crippen molar-refractivity contribution < 1.29 is 19.1 Å². The quantitative estimate of drug-likeness (QED) is 0.499. The number of anilines is 1. The second kappa shape index (κ2) is 10.2. The normalized spacial score (nSPS) is 11.2. The lowest BCUT2D eigenvalue weighted by molar-refractivity contribution is -0.121. The molecule has 0 atom stereocenters. The van der Waals surface area contributed by atoms with Gasteiger partial charge < -0.3 is 15.4 Å². The van der Waals surface area contributed by atoms with Crippen molar-refractivity contribution in [2.75, 3.05) is 18.1 Å². The monoisotopic (exact) mass is 451 g/mol. The summed E-state index contributed by atoms with van der Waals surface area (Å²) < 4.78 is 7.15. The Labute approximate surface area is 192 Å². The van der Waals surface area contributed by atoms with Crippen molar-refractivity contribution in [2.45, 2.75) is 46.1 Å². The molecule has 9 nitrogen and oxygen atoms in total. The first-order valence-corrected chi connectivity index (χ1v) is 10.9. The number of primary amides is 1. The predicted molar refractivity (Wildman–Crippen MR) is 125 cm³/mol. The number of rotatable bonds is 9. The van der Waals surface area contributed by atoms with E-state index in [-0.39, 0.29) is 24.9 Å². The number of esters is 1. The van der Waals surface area contributed by atoms with Gasteiger partial charge in [0.1, 0.15) is 0 Å². The number of carbonyl (C=O) groups is 3. The van der Waals surface area contributed by atoms with Gasteiger partial charge in [-0.1, -0.05) is 32.0 Å². The number of amides is 2. The third kappa shape index (κ3) is 5.54. The Hall–Kier alpha value is -3.75. The van der Waals surface area contributed by atoms with Crippen molar-refractivity contribution in [3.05, 3.63) is 53.9 Å². The average Bonchev–Trinajstić information content (AvgIpc) is 3.21. The molecule has 2 heterocycles. The number of hydrogen-bond donors (Lipinski definition) is 1. The van der Waals surface area contributed by atoms with E-state index in [4.69, 9.17) is 10.5 Å². The molecule has 3 aromatic rings. The number of ether oxygens (including phenoxy) is 1. The third-order valence-electron chi connectivity index (χ3n) is 5.16. The molecule has 0 spiro atoms. The van der Waals surface area contributed by atoms with E-state index in [0.29, 0.717) is 22.3 Å². The van der Waals surface area contributed by atoms with Crippen LogP contribution in [0.15, 0.2) is 42.6 Å². The SMILES string of the molecule is CC(C)c1cc(C(=O)OCC(=O)N(CCC(N)=O)c2ccccc2)c2cnn(C(C)C)c2n1. The van der Waals surface area contributed by atoms with Crippen LogP contribution in [-0.4, -0.2) is 45.7 Å². The van der Waals surface area contributed by atoms with Gasteiger partial charge in [0, 0.05) is 30.4 Å². The first-order chi connectivity index (χ1) is 15.7. The highest BCUT2D eigenvalue weighted by Crippen LogP contribution is 2.25. The number of nitrogens with zero attached hydrogens (tertiary/aromatic N) is 4. The van der Waals surface area contributed by atoms with Crippen molar-refractivity contribution in [1.82, 2.24) is 14.8 Å². The fourth-order valence-corrected chi connectivity index (χ4v) is 3.39. The van der Waals surface area contributed by atoms with Gasteiger partial charge >= 0.3 is 5.97 Å². The maximum Gasteiger partial charge on any atom is 0.339 e. The summed E-state index contributed by atoms with van der Waals surface area (Å²) in [6.07, 6.45) is 1.58. The summed E-state index contributed by atoms with van der Waals surface area (Å²) in [4.78, 5) is 43.2. The molecule has 0 saturated heterocycles. The summed E-state index contributed by atoms with van der Waals surface area (Å²) in [6.45, 7) is 7.55. The minimum absolute atomic E-state index is 0.00824. The van der Waals surface area contributed by atoms with E-state index in [1.165, 1.54) is 4.90 Å². The first kappa shape index (κ1) is 23.9. The molecular formula is C24H29N5O4. The van der Waals surface area contributed by atoms with Crippen LogP contribution in [0.4, 0.5) is 5.69 Å². The summed E-state index contributed by atoms with van der Waals surface area (Å²) in [5, 5.41) is 4.94. The first-order valence-electron chi connectivity index (χ1n) is 10.9. The van der Waals surface area contributed by atoms with Crippen LogP contribution in [0.3, 0.4) is 0 Å². The number of aromatic nitrogens is 3. The molecule has 2 amide bonds. The molecule has 0 fully saturated rings. The van der Waals surface area contributed by atoms with E-state index in [0.717, 1.165) is 5.69 Å². The molecule has 0 unspecified atom stereocenters. The van der Waals surface area contributed by atoms with Gasteiger partial charge in [0.25, 0.3) is 5.91 Å².